The highest BCUT2D eigenvalue weighted by Crippen LogP contribution is 2.29. The van der Waals surface area contributed by atoms with E-state index >= 15 is 0 Å². The molecule has 0 bridgehead atoms. The Morgan fingerprint density at radius 2 is 1.96 bits per heavy atom. The van der Waals surface area contributed by atoms with Crippen LogP contribution in [0.2, 0.25) is 5.02 Å². The molecular formula is C16H12ClF3N6O2. The normalized spacial score (nSPS) is 11.6. The summed E-state index contributed by atoms with van der Waals surface area (Å²) in [5, 5.41) is 11.4. The first kappa shape index (κ1) is 19.5. The fourth-order valence-electron chi connectivity index (χ4n) is 2.60. The van der Waals surface area contributed by atoms with Gasteiger partial charge in [-0.05, 0) is 28.6 Å². The van der Waals surface area contributed by atoms with E-state index in [0.717, 1.165) is 7.05 Å². The van der Waals surface area contributed by atoms with Crippen LogP contribution in [0, 0.1) is 0 Å². The third kappa shape index (κ3) is 3.36. The minimum atomic E-state index is -4.84. The lowest BCUT2D eigenvalue weighted by molar-refractivity contribution is -0.144. The molecule has 0 radical (unpaired) electrons. The smallest absolute Gasteiger partial charge is 0.292 e. The molecule has 0 atom stereocenters. The summed E-state index contributed by atoms with van der Waals surface area (Å²) >= 11 is 6.19. The van der Waals surface area contributed by atoms with Crippen molar-refractivity contribution in [2.45, 2.75) is 12.7 Å². The van der Waals surface area contributed by atoms with E-state index in [9.17, 15) is 22.8 Å². The standard InChI is InChI=1S/C16H12ClF3N6O2/c1-3-6-25-14(21-22-23-25)10-7-9(4-5-11(10)17)26-13(27)8-12(16(18,19)20)24(2)15(26)28/h3-5,7-8H,1,6H2,2H3. The van der Waals surface area contributed by atoms with Crippen LogP contribution in [0.1, 0.15) is 5.69 Å². The average molecular weight is 413 g/mol. The number of hydrogen-bond donors (Lipinski definition) is 0. The maximum Gasteiger partial charge on any atom is 0.431 e. The van der Waals surface area contributed by atoms with Crippen molar-refractivity contribution in [3.63, 3.8) is 0 Å². The summed E-state index contributed by atoms with van der Waals surface area (Å²) in [6, 6.07) is 4.44. The number of hydrogen-bond acceptors (Lipinski definition) is 5. The van der Waals surface area contributed by atoms with Crippen LogP contribution in [0.3, 0.4) is 0 Å². The average Bonchev–Trinajstić information content (AvgIpc) is 3.07. The van der Waals surface area contributed by atoms with E-state index in [4.69, 9.17) is 11.6 Å². The van der Waals surface area contributed by atoms with Gasteiger partial charge in [0.25, 0.3) is 5.56 Å². The lowest BCUT2D eigenvalue weighted by atomic mass is 10.2. The van der Waals surface area contributed by atoms with Crippen molar-refractivity contribution in [1.29, 1.82) is 0 Å². The zero-order valence-corrected chi connectivity index (χ0v) is 15.1. The predicted octanol–water partition coefficient (Wildman–Crippen LogP) is 2.05. The summed E-state index contributed by atoms with van der Waals surface area (Å²) in [5.74, 6) is 0.239. The highest BCUT2D eigenvalue weighted by atomic mass is 35.5. The quantitative estimate of drug-likeness (QED) is 0.612. The molecule has 2 aromatic heterocycles. The molecule has 12 heteroatoms. The Morgan fingerprint density at radius 1 is 1.25 bits per heavy atom. The summed E-state index contributed by atoms with van der Waals surface area (Å²) in [6.45, 7) is 3.86. The molecule has 28 heavy (non-hydrogen) atoms. The molecule has 2 heterocycles. The van der Waals surface area contributed by atoms with Crippen molar-refractivity contribution < 1.29 is 13.2 Å². The monoisotopic (exact) mass is 412 g/mol. The van der Waals surface area contributed by atoms with Crippen molar-refractivity contribution in [3.8, 4) is 17.1 Å². The summed E-state index contributed by atoms with van der Waals surface area (Å²) in [6.07, 6.45) is -3.29. The van der Waals surface area contributed by atoms with E-state index in [1.807, 2.05) is 0 Å². The molecule has 0 saturated carbocycles. The number of allylic oxidation sites excluding steroid dienone is 1. The van der Waals surface area contributed by atoms with Crippen LogP contribution in [0.4, 0.5) is 13.2 Å². The molecule has 0 fully saturated rings. The summed E-state index contributed by atoms with van der Waals surface area (Å²) in [4.78, 5) is 24.7. The Kier molecular flexibility index (Phi) is 4.94. The van der Waals surface area contributed by atoms with Crippen molar-refractivity contribution in [3.05, 3.63) is 68.5 Å². The summed E-state index contributed by atoms with van der Waals surface area (Å²) in [7, 11) is 0.933. The maximum absolute atomic E-state index is 13.0. The van der Waals surface area contributed by atoms with Crippen LogP contribution in [0.25, 0.3) is 17.1 Å². The van der Waals surface area contributed by atoms with Crippen LogP contribution in [-0.2, 0) is 19.8 Å². The van der Waals surface area contributed by atoms with Gasteiger partial charge >= 0.3 is 11.9 Å². The van der Waals surface area contributed by atoms with E-state index in [1.165, 1.54) is 22.9 Å². The molecule has 0 N–H and O–H groups in total. The molecule has 1 aromatic carbocycles. The van der Waals surface area contributed by atoms with Crippen LogP contribution in [-0.4, -0.2) is 29.3 Å². The molecule has 3 aromatic rings. The number of halogens is 4. The minimum absolute atomic E-state index is 0.0203. The number of tetrazole rings is 1. The molecule has 0 saturated heterocycles. The van der Waals surface area contributed by atoms with E-state index in [-0.39, 0.29) is 23.1 Å². The highest BCUT2D eigenvalue weighted by molar-refractivity contribution is 6.33. The Hall–Kier alpha value is -3.21. The fourth-order valence-corrected chi connectivity index (χ4v) is 2.80. The van der Waals surface area contributed by atoms with Gasteiger partial charge in [-0.1, -0.05) is 17.7 Å². The fraction of sp³-hybridized carbons (Fsp3) is 0.188. The van der Waals surface area contributed by atoms with Gasteiger partial charge in [0.15, 0.2) is 5.82 Å². The minimum Gasteiger partial charge on any atom is -0.292 e. The lowest BCUT2D eigenvalue weighted by Crippen LogP contribution is -2.40. The SMILES string of the molecule is C=CCn1nnnc1-c1cc(-n2c(=O)cc(C(F)(F)F)n(C)c2=O)ccc1Cl. The van der Waals surface area contributed by atoms with Gasteiger partial charge in [0.1, 0.15) is 5.69 Å². The second-order valence-electron chi connectivity index (χ2n) is 5.68. The third-order valence-corrected chi connectivity index (χ3v) is 4.22. The lowest BCUT2D eigenvalue weighted by Gasteiger charge is -2.14. The van der Waals surface area contributed by atoms with E-state index in [1.54, 1.807) is 6.08 Å². The Morgan fingerprint density at radius 3 is 2.61 bits per heavy atom. The molecule has 0 aliphatic heterocycles. The number of aromatic nitrogens is 6. The van der Waals surface area contributed by atoms with Gasteiger partial charge in [0, 0.05) is 18.7 Å². The van der Waals surface area contributed by atoms with E-state index in [0.29, 0.717) is 20.8 Å². The van der Waals surface area contributed by atoms with Crippen molar-refractivity contribution in [1.82, 2.24) is 29.3 Å². The van der Waals surface area contributed by atoms with Gasteiger partial charge in [-0.15, -0.1) is 11.7 Å². The number of nitrogens with zero attached hydrogens (tertiary/aromatic N) is 6. The van der Waals surface area contributed by atoms with Crippen LogP contribution in [0.15, 0.2) is 46.5 Å². The van der Waals surface area contributed by atoms with Gasteiger partial charge in [-0.25, -0.2) is 14.0 Å². The summed E-state index contributed by atoms with van der Waals surface area (Å²) < 4.78 is 41.4. The van der Waals surface area contributed by atoms with Gasteiger partial charge in [0.2, 0.25) is 0 Å². The number of alkyl halides is 3. The summed E-state index contributed by atoms with van der Waals surface area (Å²) in [5.41, 5.74) is -3.32. The molecule has 3 rings (SSSR count). The van der Waals surface area contributed by atoms with Crippen molar-refractivity contribution in [2.24, 2.45) is 7.05 Å². The Balaban J connectivity index is 2.23. The van der Waals surface area contributed by atoms with Crippen molar-refractivity contribution >= 4 is 11.6 Å². The molecule has 146 valence electrons. The van der Waals surface area contributed by atoms with Crippen molar-refractivity contribution in [2.75, 3.05) is 0 Å². The van der Waals surface area contributed by atoms with Gasteiger partial charge < -0.3 is 0 Å². The zero-order valence-electron chi connectivity index (χ0n) is 14.3. The van der Waals surface area contributed by atoms with Crippen LogP contribution < -0.4 is 11.2 Å². The zero-order chi connectivity index (χ0) is 20.6. The number of rotatable bonds is 4. The largest absolute Gasteiger partial charge is 0.431 e. The Labute approximate surface area is 160 Å². The molecule has 0 spiro atoms. The molecule has 0 aliphatic carbocycles. The maximum atomic E-state index is 13.0. The third-order valence-electron chi connectivity index (χ3n) is 3.89. The van der Waals surface area contributed by atoms with E-state index in [2.05, 4.69) is 22.1 Å². The highest BCUT2D eigenvalue weighted by Gasteiger charge is 2.35. The van der Waals surface area contributed by atoms with E-state index < -0.39 is 23.1 Å². The molecule has 8 nitrogen and oxygen atoms in total. The van der Waals surface area contributed by atoms with Gasteiger partial charge in [-0.2, -0.15) is 13.2 Å². The topological polar surface area (TPSA) is 87.6 Å². The number of benzene rings is 1. The van der Waals surface area contributed by atoms with Crippen LogP contribution >= 0.6 is 11.6 Å². The molecule has 0 aliphatic rings. The second-order valence-corrected chi connectivity index (χ2v) is 6.09. The van der Waals surface area contributed by atoms with Gasteiger partial charge in [-0.3, -0.25) is 9.36 Å². The molecule has 0 amide bonds. The predicted molar refractivity (Wildman–Crippen MR) is 94.3 cm³/mol. The molecule has 0 unspecified atom stereocenters. The van der Waals surface area contributed by atoms with Gasteiger partial charge in [0.05, 0.1) is 17.3 Å². The first-order chi connectivity index (χ1) is 13.1. The second kappa shape index (κ2) is 7.08. The Bertz CT molecular complexity index is 1180. The molecular weight excluding hydrogens is 401 g/mol. The van der Waals surface area contributed by atoms with Crippen LogP contribution in [0.5, 0.6) is 0 Å². The first-order valence-corrected chi connectivity index (χ1v) is 8.10. The first-order valence-electron chi connectivity index (χ1n) is 7.72.